The summed E-state index contributed by atoms with van der Waals surface area (Å²) < 4.78 is 3.74. The van der Waals surface area contributed by atoms with Gasteiger partial charge in [-0.3, -0.25) is 4.57 Å². The number of hydrogen-bond acceptors (Lipinski definition) is 4. The minimum Gasteiger partial charge on any atom is -0.508 e. The molecule has 0 bridgehead atoms. The van der Waals surface area contributed by atoms with Gasteiger partial charge in [0.25, 0.3) is 0 Å². The maximum Gasteiger partial charge on any atom is 0.223 e. The van der Waals surface area contributed by atoms with Crippen LogP contribution in [-0.2, 0) is 6.54 Å². The maximum absolute atomic E-state index is 11.1. The molecule has 0 radical (unpaired) electrons. The molecule has 0 unspecified atom stereocenters. The molecule has 0 aliphatic rings. The zero-order valence-corrected chi connectivity index (χ0v) is 17.5. The highest BCUT2D eigenvalue weighted by Gasteiger charge is 2.22. The van der Waals surface area contributed by atoms with Crippen LogP contribution in [0, 0.1) is 4.77 Å². The molecule has 0 aliphatic carbocycles. The van der Waals surface area contributed by atoms with Gasteiger partial charge in [-0.05, 0) is 71.0 Å². The van der Waals surface area contributed by atoms with E-state index in [0.29, 0.717) is 38.3 Å². The van der Waals surface area contributed by atoms with E-state index in [4.69, 9.17) is 35.4 Å². The second kappa shape index (κ2) is 7.64. The Labute approximate surface area is 180 Å². The van der Waals surface area contributed by atoms with Gasteiger partial charge in [0.05, 0.1) is 22.3 Å². The normalized spacial score (nSPS) is 11.1. The molecule has 8 heteroatoms. The van der Waals surface area contributed by atoms with Crippen LogP contribution < -0.4 is 0 Å². The summed E-state index contributed by atoms with van der Waals surface area (Å²) >= 11 is 19.9. The molecule has 0 saturated heterocycles. The molecule has 2 aromatic carbocycles. The van der Waals surface area contributed by atoms with E-state index >= 15 is 0 Å². The first-order valence-electron chi connectivity index (χ1n) is 8.26. The quantitative estimate of drug-likeness (QED) is 0.350. The van der Waals surface area contributed by atoms with E-state index in [0.717, 1.165) is 5.56 Å². The number of benzene rings is 2. The van der Waals surface area contributed by atoms with Crippen molar-refractivity contribution in [2.24, 2.45) is 0 Å². The Morgan fingerprint density at radius 1 is 1.00 bits per heavy atom. The molecule has 4 aromatic rings. The molecule has 0 aliphatic heterocycles. The summed E-state index contributed by atoms with van der Waals surface area (Å²) in [7, 11) is 0. The van der Waals surface area contributed by atoms with E-state index < -0.39 is 0 Å². The summed E-state index contributed by atoms with van der Waals surface area (Å²) in [6, 6.07) is 13.8. The Morgan fingerprint density at radius 2 is 1.75 bits per heavy atom. The molecule has 0 atom stereocenters. The number of halogens is 2. The molecule has 0 fully saturated rings. The Balaban J connectivity index is 2.00. The van der Waals surface area contributed by atoms with E-state index in [2.05, 4.69) is 0 Å². The molecule has 2 N–H and O–H groups in total. The third-order valence-corrected chi connectivity index (χ3v) is 6.29. The van der Waals surface area contributed by atoms with Gasteiger partial charge in [0.1, 0.15) is 11.4 Å². The Bertz CT molecular complexity index is 1200. The second-order valence-electron chi connectivity index (χ2n) is 6.13. The first kappa shape index (κ1) is 19.1. The lowest BCUT2D eigenvalue weighted by Crippen LogP contribution is -2.03. The van der Waals surface area contributed by atoms with Crippen molar-refractivity contribution in [2.75, 3.05) is 0 Å². The van der Waals surface area contributed by atoms with Crippen molar-refractivity contribution in [1.29, 1.82) is 0 Å². The lowest BCUT2D eigenvalue weighted by Gasteiger charge is -2.08. The number of phenolic OH excluding ortho intramolecular Hbond substituents is 1. The highest BCUT2D eigenvalue weighted by atomic mass is 35.5. The summed E-state index contributed by atoms with van der Waals surface area (Å²) in [5.74, 6) is 0.0959. The van der Waals surface area contributed by atoms with Crippen molar-refractivity contribution in [3.8, 4) is 28.6 Å². The number of rotatable bonds is 4. The summed E-state index contributed by atoms with van der Waals surface area (Å²) in [5, 5.41) is 25.5. The number of nitrogens with zero attached hydrogens (tertiary/aromatic N) is 2. The zero-order valence-electron chi connectivity index (χ0n) is 14.3. The smallest absolute Gasteiger partial charge is 0.223 e. The number of hydrogen-bond donors (Lipinski definition) is 2. The van der Waals surface area contributed by atoms with Crippen LogP contribution in [0.25, 0.3) is 16.9 Å². The van der Waals surface area contributed by atoms with Crippen LogP contribution >= 0.6 is 46.8 Å². The van der Waals surface area contributed by atoms with Gasteiger partial charge in [-0.25, -0.2) is 0 Å². The molecule has 0 amide bonds. The number of imidazole rings is 1. The number of thiophene rings is 1. The average Bonchev–Trinajstić information content (AvgIpc) is 3.27. The summed E-state index contributed by atoms with van der Waals surface area (Å²) in [4.78, 5) is 0. The number of aromatic nitrogens is 2. The molecule has 142 valence electrons. The minimum absolute atomic E-state index is 0.0462. The topological polar surface area (TPSA) is 50.3 Å². The van der Waals surface area contributed by atoms with Crippen LogP contribution in [0.15, 0.2) is 59.3 Å². The maximum atomic E-state index is 11.1. The first-order chi connectivity index (χ1) is 13.5. The molecule has 4 nitrogen and oxygen atoms in total. The second-order valence-corrected chi connectivity index (χ2v) is 8.06. The number of phenols is 1. The molecular formula is C20H14Cl2N2O2S2. The lowest BCUT2D eigenvalue weighted by molar-refractivity contribution is 0.443. The zero-order chi connectivity index (χ0) is 19.8. The minimum atomic E-state index is -0.0462. The largest absolute Gasteiger partial charge is 0.508 e. The van der Waals surface area contributed by atoms with Crippen molar-refractivity contribution in [3.05, 3.63) is 79.7 Å². The molecule has 2 aromatic heterocycles. The van der Waals surface area contributed by atoms with E-state index in [9.17, 15) is 10.2 Å². The van der Waals surface area contributed by atoms with Gasteiger partial charge in [0.2, 0.25) is 5.88 Å². The van der Waals surface area contributed by atoms with Crippen LogP contribution in [0.3, 0.4) is 0 Å². The Hall–Kier alpha value is -2.25. The monoisotopic (exact) mass is 448 g/mol. The van der Waals surface area contributed by atoms with Gasteiger partial charge in [-0.15, -0.1) is 0 Å². The fraction of sp³-hybridized carbons (Fsp3) is 0.0500. The van der Waals surface area contributed by atoms with Crippen molar-refractivity contribution in [2.45, 2.75) is 6.54 Å². The van der Waals surface area contributed by atoms with Crippen LogP contribution in [0.4, 0.5) is 0 Å². The van der Waals surface area contributed by atoms with E-state index in [-0.39, 0.29) is 11.6 Å². The lowest BCUT2D eigenvalue weighted by atomic mass is 10.1. The molecule has 0 saturated carbocycles. The molecular weight excluding hydrogens is 435 g/mol. The van der Waals surface area contributed by atoms with Gasteiger partial charge >= 0.3 is 0 Å². The van der Waals surface area contributed by atoms with Crippen molar-refractivity contribution in [3.63, 3.8) is 0 Å². The third-order valence-electron chi connectivity index (χ3n) is 4.35. The van der Waals surface area contributed by atoms with Gasteiger partial charge in [0.15, 0.2) is 4.77 Å². The highest BCUT2D eigenvalue weighted by Crippen LogP contribution is 2.38. The van der Waals surface area contributed by atoms with Crippen molar-refractivity contribution >= 4 is 46.8 Å². The van der Waals surface area contributed by atoms with Crippen LogP contribution in [0.1, 0.15) is 5.56 Å². The van der Waals surface area contributed by atoms with Crippen LogP contribution in [-0.4, -0.2) is 19.3 Å². The fourth-order valence-corrected chi connectivity index (χ4v) is 4.41. The van der Waals surface area contributed by atoms with Crippen molar-refractivity contribution in [1.82, 2.24) is 9.13 Å². The van der Waals surface area contributed by atoms with Gasteiger partial charge in [-0.1, -0.05) is 29.3 Å². The highest BCUT2D eigenvalue weighted by molar-refractivity contribution is 7.71. The average molecular weight is 449 g/mol. The van der Waals surface area contributed by atoms with E-state index in [1.165, 1.54) is 4.57 Å². The summed E-state index contributed by atoms with van der Waals surface area (Å²) in [6.45, 7) is 0.483. The molecule has 28 heavy (non-hydrogen) atoms. The molecule has 2 heterocycles. The third kappa shape index (κ3) is 3.33. The van der Waals surface area contributed by atoms with Crippen LogP contribution in [0.5, 0.6) is 11.6 Å². The fourth-order valence-electron chi connectivity index (χ4n) is 3.03. The van der Waals surface area contributed by atoms with E-state index in [1.807, 2.05) is 21.4 Å². The number of aromatic hydroxyl groups is 2. The van der Waals surface area contributed by atoms with Crippen molar-refractivity contribution < 1.29 is 10.2 Å². The van der Waals surface area contributed by atoms with Gasteiger partial charge in [0, 0.05) is 5.56 Å². The first-order valence-corrected chi connectivity index (χ1v) is 10.4. The Morgan fingerprint density at radius 3 is 2.43 bits per heavy atom. The predicted molar refractivity (Wildman–Crippen MR) is 117 cm³/mol. The SMILES string of the molecule is Oc1ccc(-c2c(O)n(-c3cccc(Cl)c3Cl)c(=S)n2Cc2ccsc2)cc1. The van der Waals surface area contributed by atoms with Gasteiger partial charge < -0.3 is 14.8 Å². The Kier molecular flexibility index (Phi) is 5.21. The summed E-state index contributed by atoms with van der Waals surface area (Å²) in [6.07, 6.45) is 0. The standard InChI is InChI=1S/C20H14Cl2N2O2S2/c21-15-2-1-3-16(17(15)22)24-19(26)18(13-4-6-14(25)7-5-13)23(20(24)27)10-12-8-9-28-11-12/h1-9,11,25-26H,10H2. The van der Waals surface area contributed by atoms with Crippen LogP contribution in [0.2, 0.25) is 10.0 Å². The predicted octanol–water partition coefficient (Wildman–Crippen LogP) is 6.50. The molecule has 4 rings (SSSR count). The summed E-state index contributed by atoms with van der Waals surface area (Å²) in [5.41, 5.74) is 2.82. The molecule has 0 spiro atoms. The van der Waals surface area contributed by atoms with E-state index in [1.54, 1.807) is 53.8 Å². The van der Waals surface area contributed by atoms with Gasteiger partial charge in [-0.2, -0.15) is 11.3 Å².